The fraction of sp³-hybridized carbons (Fsp3) is 0.444. The van der Waals surface area contributed by atoms with Gasteiger partial charge in [0.15, 0.2) is 11.5 Å². The molecule has 2 aromatic carbocycles. The molecule has 1 aromatic heterocycles. The Labute approximate surface area is 201 Å². The molecule has 0 bridgehead atoms. The Balaban J connectivity index is 1.32. The highest BCUT2D eigenvalue weighted by Gasteiger charge is 2.34. The molecule has 0 saturated carbocycles. The van der Waals surface area contributed by atoms with Gasteiger partial charge in [0.1, 0.15) is 30.4 Å². The molecule has 1 N–H and O–H groups in total. The molecule has 7 nitrogen and oxygen atoms in total. The van der Waals surface area contributed by atoms with E-state index in [9.17, 15) is 5.11 Å². The van der Waals surface area contributed by atoms with Gasteiger partial charge in [-0.3, -0.25) is 4.90 Å². The summed E-state index contributed by atoms with van der Waals surface area (Å²) in [5.41, 5.74) is 0.270. The summed E-state index contributed by atoms with van der Waals surface area (Å²) in [7, 11) is 1.66. The molecular weight excluding hydrogens is 430 g/mol. The number of methoxy groups -OCH3 is 1. The third-order valence-electron chi connectivity index (χ3n) is 6.23. The van der Waals surface area contributed by atoms with E-state index in [0.29, 0.717) is 19.8 Å². The summed E-state index contributed by atoms with van der Waals surface area (Å²) in [5.74, 6) is 3.29. The topological polar surface area (TPSA) is 69.0 Å². The summed E-state index contributed by atoms with van der Waals surface area (Å²) in [6, 6.07) is 15.7. The van der Waals surface area contributed by atoms with Crippen LogP contribution in [0.1, 0.15) is 31.2 Å². The number of nitrogens with zero attached hydrogens (tertiary/aromatic N) is 3. The lowest BCUT2D eigenvalue weighted by atomic mass is 9.93. The van der Waals surface area contributed by atoms with Gasteiger partial charge in [0.25, 0.3) is 0 Å². The molecule has 0 aliphatic carbocycles. The molecule has 4 rings (SSSR count). The normalized spacial score (nSPS) is 18.6. The van der Waals surface area contributed by atoms with E-state index >= 15 is 0 Å². The Bertz CT molecular complexity index is 1040. The lowest BCUT2D eigenvalue weighted by Gasteiger charge is -2.39. The molecule has 1 fully saturated rings. The highest BCUT2D eigenvalue weighted by atomic mass is 16.5. The number of para-hydroxylation sites is 1. The van der Waals surface area contributed by atoms with Crippen molar-refractivity contribution >= 4 is 0 Å². The second-order valence-corrected chi connectivity index (χ2v) is 8.86. The Morgan fingerprint density at radius 1 is 1.09 bits per heavy atom. The zero-order valence-electron chi connectivity index (χ0n) is 20.2. The third kappa shape index (κ3) is 6.30. The van der Waals surface area contributed by atoms with Crippen molar-refractivity contribution in [3.05, 3.63) is 72.3 Å². The SMILES string of the molecule is CCc1nccn1CCOc1ccc(CN2CCC[C@@](O)(COc3ccccc3)C2)cc1OC. The number of hydrogen-bond acceptors (Lipinski definition) is 6. The first-order chi connectivity index (χ1) is 16.6. The number of rotatable bonds is 11. The number of likely N-dealkylation sites (tertiary alicyclic amines) is 1. The Hall–Kier alpha value is -3.03. The van der Waals surface area contributed by atoms with Crippen LogP contribution >= 0.6 is 0 Å². The fourth-order valence-corrected chi connectivity index (χ4v) is 4.49. The van der Waals surface area contributed by atoms with Gasteiger partial charge in [-0.2, -0.15) is 0 Å². The van der Waals surface area contributed by atoms with E-state index in [0.717, 1.165) is 67.5 Å². The smallest absolute Gasteiger partial charge is 0.161 e. The van der Waals surface area contributed by atoms with Gasteiger partial charge < -0.3 is 23.9 Å². The zero-order valence-corrected chi connectivity index (χ0v) is 20.2. The van der Waals surface area contributed by atoms with Gasteiger partial charge >= 0.3 is 0 Å². The molecule has 1 atom stereocenters. The molecule has 1 aliphatic rings. The van der Waals surface area contributed by atoms with Crippen LogP contribution in [-0.4, -0.2) is 58.6 Å². The number of imidazole rings is 1. The summed E-state index contributed by atoms with van der Waals surface area (Å²) in [6.07, 6.45) is 6.37. The summed E-state index contributed by atoms with van der Waals surface area (Å²) >= 11 is 0. The van der Waals surface area contributed by atoms with Crippen molar-refractivity contribution < 1.29 is 19.3 Å². The fourth-order valence-electron chi connectivity index (χ4n) is 4.49. The van der Waals surface area contributed by atoms with Gasteiger partial charge in [0, 0.05) is 31.9 Å². The number of hydrogen-bond donors (Lipinski definition) is 1. The summed E-state index contributed by atoms with van der Waals surface area (Å²) < 4.78 is 19.6. The maximum atomic E-state index is 11.1. The average Bonchev–Trinajstić information content (AvgIpc) is 3.32. The van der Waals surface area contributed by atoms with Crippen molar-refractivity contribution in [2.45, 2.75) is 44.9 Å². The monoisotopic (exact) mass is 465 g/mol. The molecular formula is C27H35N3O4. The van der Waals surface area contributed by atoms with E-state index < -0.39 is 5.60 Å². The van der Waals surface area contributed by atoms with E-state index in [-0.39, 0.29) is 0 Å². The Morgan fingerprint density at radius 3 is 2.74 bits per heavy atom. The molecule has 7 heteroatoms. The van der Waals surface area contributed by atoms with Gasteiger partial charge in [0.05, 0.1) is 13.7 Å². The number of ether oxygens (including phenoxy) is 3. The molecule has 1 aliphatic heterocycles. The molecule has 2 heterocycles. The quantitative estimate of drug-likeness (QED) is 0.463. The minimum Gasteiger partial charge on any atom is -0.493 e. The van der Waals surface area contributed by atoms with E-state index in [1.807, 2.05) is 54.9 Å². The zero-order chi connectivity index (χ0) is 23.8. The van der Waals surface area contributed by atoms with Crippen LogP contribution in [0.5, 0.6) is 17.2 Å². The van der Waals surface area contributed by atoms with Crippen molar-refractivity contribution in [1.29, 1.82) is 0 Å². The first kappa shape index (κ1) is 24.1. The van der Waals surface area contributed by atoms with Crippen LogP contribution in [0.3, 0.4) is 0 Å². The van der Waals surface area contributed by atoms with Crippen LogP contribution < -0.4 is 14.2 Å². The Morgan fingerprint density at radius 2 is 1.94 bits per heavy atom. The molecule has 3 aromatic rings. The van der Waals surface area contributed by atoms with E-state index in [1.165, 1.54) is 0 Å². The van der Waals surface area contributed by atoms with Gasteiger partial charge in [-0.25, -0.2) is 4.98 Å². The maximum Gasteiger partial charge on any atom is 0.161 e. The number of aromatic nitrogens is 2. The molecule has 34 heavy (non-hydrogen) atoms. The lowest BCUT2D eigenvalue weighted by molar-refractivity contribution is -0.0621. The van der Waals surface area contributed by atoms with Crippen LogP contribution in [0.2, 0.25) is 0 Å². The predicted molar refractivity (Wildman–Crippen MR) is 131 cm³/mol. The highest BCUT2D eigenvalue weighted by Crippen LogP contribution is 2.30. The number of aliphatic hydroxyl groups is 1. The van der Waals surface area contributed by atoms with Gasteiger partial charge in [-0.1, -0.05) is 31.2 Å². The van der Waals surface area contributed by atoms with Crippen LogP contribution in [0.15, 0.2) is 60.9 Å². The van der Waals surface area contributed by atoms with Crippen molar-refractivity contribution in [3.63, 3.8) is 0 Å². The molecule has 0 unspecified atom stereocenters. The first-order valence-corrected chi connectivity index (χ1v) is 12.0. The standard InChI is InChI=1S/C27H35N3O4/c1-3-26-28-13-15-30(26)16-17-33-24-11-10-22(18-25(24)32-2)19-29-14-7-12-27(31,20-29)21-34-23-8-5-4-6-9-23/h4-6,8-11,13,15,18,31H,3,7,12,14,16-17,19-21H2,1-2H3/t27-/m0/s1. The number of benzene rings is 2. The van der Waals surface area contributed by atoms with Crippen molar-refractivity contribution in [2.24, 2.45) is 0 Å². The average molecular weight is 466 g/mol. The number of aryl methyl sites for hydroxylation is 1. The lowest BCUT2D eigenvalue weighted by Crippen LogP contribution is -2.51. The minimum absolute atomic E-state index is 0.292. The van der Waals surface area contributed by atoms with Crippen LogP contribution in [0.25, 0.3) is 0 Å². The molecule has 0 amide bonds. The van der Waals surface area contributed by atoms with Gasteiger partial charge in [-0.05, 0) is 49.2 Å². The van der Waals surface area contributed by atoms with Crippen molar-refractivity contribution in [3.8, 4) is 17.2 Å². The van der Waals surface area contributed by atoms with Gasteiger partial charge in [0.2, 0.25) is 0 Å². The van der Waals surface area contributed by atoms with Crippen molar-refractivity contribution in [1.82, 2.24) is 14.5 Å². The third-order valence-corrected chi connectivity index (χ3v) is 6.23. The van der Waals surface area contributed by atoms with E-state index in [2.05, 4.69) is 27.4 Å². The summed E-state index contributed by atoms with van der Waals surface area (Å²) in [5, 5.41) is 11.1. The summed E-state index contributed by atoms with van der Waals surface area (Å²) in [4.78, 5) is 6.63. The van der Waals surface area contributed by atoms with Crippen LogP contribution in [0.4, 0.5) is 0 Å². The first-order valence-electron chi connectivity index (χ1n) is 12.0. The predicted octanol–water partition coefficient (Wildman–Crippen LogP) is 3.94. The molecule has 0 radical (unpaired) electrons. The van der Waals surface area contributed by atoms with Crippen LogP contribution in [0, 0.1) is 0 Å². The number of piperidine rings is 1. The van der Waals surface area contributed by atoms with Crippen molar-refractivity contribution in [2.75, 3.05) is 33.4 Å². The molecule has 1 saturated heterocycles. The van der Waals surface area contributed by atoms with Crippen LogP contribution in [-0.2, 0) is 19.5 Å². The Kier molecular flexibility index (Phi) is 8.08. The number of β-amino-alcohol motifs (C(OH)–C–C–N with tert-alkyl or cyclic N) is 1. The maximum absolute atomic E-state index is 11.1. The minimum atomic E-state index is -0.855. The highest BCUT2D eigenvalue weighted by molar-refractivity contribution is 5.43. The molecule has 0 spiro atoms. The van der Waals surface area contributed by atoms with Gasteiger partial charge in [-0.15, -0.1) is 0 Å². The van der Waals surface area contributed by atoms with E-state index in [4.69, 9.17) is 14.2 Å². The summed E-state index contributed by atoms with van der Waals surface area (Å²) in [6.45, 7) is 5.93. The second-order valence-electron chi connectivity index (χ2n) is 8.86. The van der Waals surface area contributed by atoms with E-state index in [1.54, 1.807) is 7.11 Å². The molecule has 182 valence electrons. The largest absolute Gasteiger partial charge is 0.493 e. The second kappa shape index (κ2) is 11.4.